The summed E-state index contributed by atoms with van der Waals surface area (Å²) in [5, 5.41) is 8.79. The Balaban J connectivity index is 1.83. The summed E-state index contributed by atoms with van der Waals surface area (Å²) in [7, 11) is 0. The lowest BCUT2D eigenvalue weighted by molar-refractivity contribution is 0.289. The zero-order chi connectivity index (χ0) is 14.8. The third kappa shape index (κ3) is 5.99. The normalized spacial score (nSPS) is 10.5. The number of hydrogen-bond acceptors (Lipinski definition) is 4. The van der Waals surface area contributed by atoms with Gasteiger partial charge in [-0.25, -0.2) is 0 Å². The second kappa shape index (κ2) is 9.17. The number of pyridine rings is 1. The third-order valence-corrected chi connectivity index (χ3v) is 4.08. The molecule has 3 nitrogen and oxygen atoms in total. The number of thioether (sulfide) groups is 1. The van der Waals surface area contributed by atoms with Crippen LogP contribution in [0.15, 0.2) is 59.8 Å². The van der Waals surface area contributed by atoms with Crippen LogP contribution >= 0.6 is 11.8 Å². The summed E-state index contributed by atoms with van der Waals surface area (Å²) >= 11 is 1.85. The lowest BCUT2D eigenvalue weighted by Gasteiger charge is -2.20. The first-order chi connectivity index (χ1) is 10.4. The van der Waals surface area contributed by atoms with Crippen LogP contribution < -0.4 is 0 Å². The highest BCUT2D eigenvalue weighted by Gasteiger charge is 2.06. The Hall–Kier alpha value is -1.83. The van der Waals surface area contributed by atoms with E-state index in [-0.39, 0.29) is 0 Å². The van der Waals surface area contributed by atoms with Crippen LogP contribution in [0.3, 0.4) is 0 Å². The second-order valence-corrected chi connectivity index (χ2v) is 5.88. The molecule has 4 heteroatoms. The summed E-state index contributed by atoms with van der Waals surface area (Å²) in [4.78, 5) is 7.76. The van der Waals surface area contributed by atoms with E-state index in [9.17, 15) is 0 Å². The first-order valence-electron chi connectivity index (χ1n) is 7.04. The highest BCUT2D eigenvalue weighted by atomic mass is 32.2. The highest BCUT2D eigenvalue weighted by molar-refractivity contribution is 7.99. The van der Waals surface area contributed by atoms with Crippen LogP contribution in [0.25, 0.3) is 0 Å². The van der Waals surface area contributed by atoms with Gasteiger partial charge in [-0.1, -0.05) is 24.3 Å². The number of nitriles is 1. The Morgan fingerprint density at radius 3 is 2.67 bits per heavy atom. The number of rotatable bonds is 8. The van der Waals surface area contributed by atoms with Gasteiger partial charge in [0.15, 0.2) is 0 Å². The predicted molar refractivity (Wildman–Crippen MR) is 86.9 cm³/mol. The van der Waals surface area contributed by atoms with E-state index in [4.69, 9.17) is 5.26 Å². The molecule has 2 rings (SSSR count). The Labute approximate surface area is 130 Å². The van der Waals surface area contributed by atoms with Gasteiger partial charge in [-0.3, -0.25) is 9.88 Å². The Morgan fingerprint density at radius 2 is 1.95 bits per heavy atom. The summed E-state index contributed by atoms with van der Waals surface area (Å²) in [6.07, 6.45) is 4.24. The van der Waals surface area contributed by atoms with Crippen LogP contribution in [-0.4, -0.2) is 28.7 Å². The van der Waals surface area contributed by atoms with Gasteiger partial charge in [0.05, 0.1) is 6.07 Å². The maximum Gasteiger partial charge on any atom is 0.0635 e. The van der Waals surface area contributed by atoms with Gasteiger partial charge in [-0.15, -0.1) is 11.8 Å². The summed E-state index contributed by atoms with van der Waals surface area (Å²) < 4.78 is 0. The molecule has 1 heterocycles. The van der Waals surface area contributed by atoms with Crippen LogP contribution in [0.1, 0.15) is 12.0 Å². The van der Waals surface area contributed by atoms with Crippen molar-refractivity contribution in [3.63, 3.8) is 0 Å². The summed E-state index contributed by atoms with van der Waals surface area (Å²) in [6, 6.07) is 16.7. The molecule has 0 radical (unpaired) electrons. The van der Waals surface area contributed by atoms with Crippen molar-refractivity contribution in [2.75, 3.05) is 18.8 Å². The second-order valence-electron chi connectivity index (χ2n) is 4.71. The molecule has 0 aliphatic heterocycles. The molecular weight excluding hydrogens is 278 g/mol. The predicted octanol–water partition coefficient (Wildman–Crippen LogP) is 3.59. The lowest BCUT2D eigenvalue weighted by atomic mass is 10.2. The molecule has 0 aliphatic rings. The van der Waals surface area contributed by atoms with Crippen molar-refractivity contribution in [3.05, 3.63) is 60.4 Å². The molecule has 108 valence electrons. The van der Waals surface area contributed by atoms with E-state index in [0.29, 0.717) is 6.42 Å². The van der Waals surface area contributed by atoms with Crippen molar-refractivity contribution in [2.45, 2.75) is 17.9 Å². The summed E-state index contributed by atoms with van der Waals surface area (Å²) in [6.45, 7) is 2.63. The van der Waals surface area contributed by atoms with Crippen molar-refractivity contribution in [3.8, 4) is 6.07 Å². The first kappa shape index (κ1) is 15.6. The number of nitrogens with zero attached hydrogens (tertiary/aromatic N) is 3. The zero-order valence-corrected chi connectivity index (χ0v) is 12.8. The average Bonchev–Trinajstić information content (AvgIpc) is 2.54. The first-order valence-corrected chi connectivity index (χ1v) is 8.03. The minimum absolute atomic E-state index is 0.566. The molecule has 0 fully saturated rings. The van der Waals surface area contributed by atoms with Crippen molar-refractivity contribution in [1.29, 1.82) is 5.26 Å². The third-order valence-electron chi connectivity index (χ3n) is 3.09. The molecule has 0 saturated heterocycles. The number of hydrogen-bond donors (Lipinski definition) is 0. The Kier molecular flexibility index (Phi) is 6.79. The van der Waals surface area contributed by atoms with Gasteiger partial charge in [-0.05, 0) is 23.8 Å². The van der Waals surface area contributed by atoms with Crippen LogP contribution in [0, 0.1) is 11.3 Å². The molecule has 0 N–H and O–H groups in total. The number of aromatic nitrogens is 1. The van der Waals surface area contributed by atoms with Gasteiger partial charge in [0.1, 0.15) is 0 Å². The molecule has 0 bridgehead atoms. The highest BCUT2D eigenvalue weighted by Crippen LogP contribution is 2.17. The van der Waals surface area contributed by atoms with Crippen LogP contribution in [0.2, 0.25) is 0 Å². The van der Waals surface area contributed by atoms with Crippen molar-refractivity contribution in [1.82, 2.24) is 9.88 Å². The SMILES string of the molecule is N#CCCN(CCSc1ccccc1)Cc1cccnc1. The van der Waals surface area contributed by atoms with Crippen LogP contribution in [0.5, 0.6) is 0 Å². The lowest BCUT2D eigenvalue weighted by Crippen LogP contribution is -2.26. The van der Waals surface area contributed by atoms with Gasteiger partial charge >= 0.3 is 0 Å². The molecule has 1 aromatic carbocycles. The molecule has 0 spiro atoms. The molecule has 0 atom stereocenters. The standard InChI is InChI=1S/C17H19N3S/c18-9-5-11-20(15-16-6-4-10-19-14-16)12-13-21-17-7-2-1-3-8-17/h1-4,6-8,10,14H,5,11-13,15H2. The fraction of sp³-hybridized carbons (Fsp3) is 0.294. The zero-order valence-electron chi connectivity index (χ0n) is 12.0. The van der Waals surface area contributed by atoms with E-state index in [1.54, 1.807) is 6.20 Å². The van der Waals surface area contributed by atoms with Crippen LogP contribution in [0.4, 0.5) is 0 Å². The van der Waals surface area contributed by atoms with E-state index in [1.807, 2.05) is 30.1 Å². The van der Waals surface area contributed by atoms with Gasteiger partial charge < -0.3 is 0 Å². The van der Waals surface area contributed by atoms with Gasteiger partial charge in [0, 0.05) is 49.1 Å². The maximum absolute atomic E-state index is 8.79. The Bertz CT molecular complexity index is 551. The average molecular weight is 297 g/mol. The van der Waals surface area contributed by atoms with Crippen LogP contribution in [-0.2, 0) is 6.54 Å². The van der Waals surface area contributed by atoms with Gasteiger partial charge in [-0.2, -0.15) is 5.26 Å². The topological polar surface area (TPSA) is 39.9 Å². The van der Waals surface area contributed by atoms with Crippen molar-refractivity contribution >= 4 is 11.8 Å². The fourth-order valence-corrected chi connectivity index (χ4v) is 2.97. The molecule has 0 aliphatic carbocycles. The quantitative estimate of drug-likeness (QED) is 0.698. The monoisotopic (exact) mass is 297 g/mol. The van der Waals surface area contributed by atoms with E-state index < -0.39 is 0 Å². The molecule has 0 unspecified atom stereocenters. The molecule has 0 amide bonds. The largest absolute Gasteiger partial charge is 0.297 e. The maximum atomic E-state index is 8.79. The fourth-order valence-electron chi connectivity index (χ4n) is 2.04. The molecule has 21 heavy (non-hydrogen) atoms. The Morgan fingerprint density at radius 1 is 1.10 bits per heavy atom. The van der Waals surface area contributed by atoms with Gasteiger partial charge in [0.2, 0.25) is 0 Å². The molecule has 0 saturated carbocycles. The summed E-state index contributed by atoms with van der Waals surface area (Å²) in [5.41, 5.74) is 1.19. The van der Waals surface area contributed by atoms with Gasteiger partial charge in [0.25, 0.3) is 0 Å². The van der Waals surface area contributed by atoms with Crippen molar-refractivity contribution < 1.29 is 0 Å². The van der Waals surface area contributed by atoms with E-state index in [1.165, 1.54) is 10.5 Å². The molecule has 2 aromatic rings. The minimum atomic E-state index is 0.566. The smallest absolute Gasteiger partial charge is 0.0635 e. The summed E-state index contributed by atoms with van der Waals surface area (Å²) in [5.74, 6) is 1.02. The minimum Gasteiger partial charge on any atom is -0.297 e. The number of benzene rings is 1. The van der Waals surface area contributed by atoms with E-state index in [2.05, 4.69) is 46.3 Å². The molecular formula is C17H19N3S. The van der Waals surface area contributed by atoms with Crippen molar-refractivity contribution in [2.24, 2.45) is 0 Å². The van der Waals surface area contributed by atoms with E-state index >= 15 is 0 Å². The molecule has 1 aromatic heterocycles. The van der Waals surface area contributed by atoms with E-state index in [0.717, 1.165) is 25.4 Å².